The van der Waals surface area contributed by atoms with Crippen LogP contribution in [0.15, 0.2) is 66.7 Å². The van der Waals surface area contributed by atoms with Crippen molar-refractivity contribution >= 4 is 38.0 Å². The Morgan fingerprint density at radius 1 is 0.922 bits per heavy atom. The van der Waals surface area contributed by atoms with E-state index < -0.39 is 0 Å². The van der Waals surface area contributed by atoms with Crippen LogP contribution in [-0.4, -0.2) is 20.9 Å². The van der Waals surface area contributed by atoms with Crippen molar-refractivity contribution in [3.05, 3.63) is 94.5 Å². The van der Waals surface area contributed by atoms with Gasteiger partial charge in [0.25, 0.3) is 0 Å². The van der Waals surface area contributed by atoms with Crippen LogP contribution < -0.4 is 0 Å². The summed E-state index contributed by atoms with van der Waals surface area (Å²) in [5, 5.41) is 13.5. The van der Waals surface area contributed by atoms with Gasteiger partial charge in [-0.15, -0.1) is 40.5 Å². The largest absolute Gasteiger partial charge is 0.512 e. The van der Waals surface area contributed by atoms with E-state index in [-0.39, 0.29) is 48.9 Å². The van der Waals surface area contributed by atoms with E-state index in [9.17, 15) is 9.90 Å². The molecule has 0 aliphatic heterocycles. The van der Waals surface area contributed by atoms with Gasteiger partial charge in [0.2, 0.25) is 0 Å². The fourth-order valence-corrected chi connectivity index (χ4v) is 8.66. The first kappa shape index (κ1) is 40.6. The molecule has 4 nitrogen and oxygen atoms in total. The monoisotopic (exact) mass is 880 g/mol. The molecule has 0 amide bonds. The van der Waals surface area contributed by atoms with E-state index in [4.69, 9.17) is 9.97 Å². The molecule has 0 saturated heterocycles. The number of aliphatic hydroxyl groups excluding tert-OH is 1. The van der Waals surface area contributed by atoms with E-state index in [0.29, 0.717) is 5.92 Å². The third-order valence-electron chi connectivity index (χ3n) is 10.2. The molecule has 1 aliphatic rings. The molecular formula is C45H55IrN2O2S-. The van der Waals surface area contributed by atoms with Crippen molar-refractivity contribution in [1.82, 2.24) is 9.97 Å². The van der Waals surface area contributed by atoms with Crippen LogP contribution >= 0.6 is 11.3 Å². The smallest absolute Gasteiger partial charge is 0.162 e. The van der Waals surface area contributed by atoms with Gasteiger partial charge in [0, 0.05) is 76.9 Å². The van der Waals surface area contributed by atoms with Crippen molar-refractivity contribution in [3.8, 4) is 22.4 Å². The van der Waals surface area contributed by atoms with Crippen LogP contribution in [0.2, 0.25) is 0 Å². The molecule has 6 heteroatoms. The van der Waals surface area contributed by atoms with Crippen LogP contribution in [0.4, 0.5) is 0 Å². The molecule has 0 bridgehead atoms. The van der Waals surface area contributed by atoms with Gasteiger partial charge in [0.1, 0.15) is 0 Å². The number of carbonyl (C=O) groups excluding carboxylic acids is 1. The van der Waals surface area contributed by atoms with E-state index >= 15 is 0 Å². The van der Waals surface area contributed by atoms with Crippen LogP contribution in [0.5, 0.6) is 0 Å². The normalized spacial score (nSPS) is 12.9. The minimum Gasteiger partial charge on any atom is -0.512 e. The number of ketones is 1. The molecule has 0 unspecified atom stereocenters. The van der Waals surface area contributed by atoms with Crippen LogP contribution in [0.3, 0.4) is 0 Å². The maximum atomic E-state index is 11.7. The molecule has 0 atom stereocenters. The van der Waals surface area contributed by atoms with Gasteiger partial charge in [-0.1, -0.05) is 91.5 Å². The van der Waals surface area contributed by atoms with Crippen molar-refractivity contribution in [2.75, 3.05) is 0 Å². The second-order valence-electron chi connectivity index (χ2n) is 15.2. The van der Waals surface area contributed by atoms with Gasteiger partial charge in [0.05, 0.1) is 5.76 Å². The van der Waals surface area contributed by atoms with Crippen molar-refractivity contribution in [3.63, 3.8) is 0 Å². The number of allylic oxidation sites excluding steroid dienone is 2. The standard InChI is InChI=1S/C32H31N2S.C13H24O2.Ir/c1-19(2)16-27-23-10-11-28-29(24(23)12-14-33-27)25-13-15-34-30(31(25)35-28)21-17-20-8-6-7-9-22(20)26(18-21)32(3,4)5;1-5-10(6-2)12(14)9-13(15)11(7-3)8-4;/h6-9,12-15,18-19H,10-11,16H2,1-5H3;9-11,14H,5-8H2,1-4H3;/q-1;;/b;12-9-;. The van der Waals surface area contributed by atoms with Crippen LogP contribution in [0.1, 0.15) is 110 Å². The number of carbonyl (C=O) groups is 1. The predicted molar refractivity (Wildman–Crippen MR) is 213 cm³/mol. The summed E-state index contributed by atoms with van der Waals surface area (Å²) in [6.07, 6.45) is 12.1. The van der Waals surface area contributed by atoms with E-state index in [0.717, 1.165) is 61.6 Å². The van der Waals surface area contributed by atoms with Crippen molar-refractivity contribution in [2.45, 2.75) is 113 Å². The molecular weight excluding hydrogens is 825 g/mol. The number of benzene rings is 2. The Hall–Kier alpha value is -3.18. The average Bonchev–Trinajstić information content (AvgIpc) is 3.48. The number of hydrogen-bond acceptors (Lipinski definition) is 5. The third-order valence-corrected chi connectivity index (χ3v) is 11.5. The third kappa shape index (κ3) is 8.90. The van der Waals surface area contributed by atoms with E-state index in [1.165, 1.54) is 54.4 Å². The molecule has 51 heavy (non-hydrogen) atoms. The van der Waals surface area contributed by atoms with Gasteiger partial charge in [-0.05, 0) is 84.9 Å². The maximum Gasteiger partial charge on any atom is 0.162 e. The molecule has 3 aromatic heterocycles. The molecule has 0 fully saturated rings. The van der Waals surface area contributed by atoms with Gasteiger partial charge in [-0.2, -0.15) is 0 Å². The minimum atomic E-state index is 0. The van der Waals surface area contributed by atoms with E-state index in [1.807, 2.05) is 51.4 Å². The van der Waals surface area contributed by atoms with Crippen LogP contribution in [-0.2, 0) is 49.6 Å². The number of fused-ring (bicyclic) bond motifs is 6. The zero-order valence-corrected chi connectivity index (χ0v) is 35.2. The van der Waals surface area contributed by atoms with Gasteiger partial charge < -0.3 is 5.11 Å². The molecule has 1 aliphatic carbocycles. The number of aryl methyl sites for hydroxylation is 1. The van der Waals surface area contributed by atoms with E-state index in [2.05, 4.69) is 83.1 Å². The Morgan fingerprint density at radius 3 is 2.24 bits per heavy atom. The van der Waals surface area contributed by atoms with Gasteiger partial charge in [0.15, 0.2) is 5.78 Å². The molecule has 3 heterocycles. The number of hydrogen-bond donors (Lipinski definition) is 1. The predicted octanol–water partition coefficient (Wildman–Crippen LogP) is 12.4. The first-order chi connectivity index (χ1) is 23.9. The number of rotatable bonds is 10. The Bertz CT molecular complexity index is 1990. The fraction of sp³-hybridized carbons (Fsp3) is 0.444. The number of thiophene rings is 1. The quantitative estimate of drug-likeness (QED) is 0.0862. The summed E-state index contributed by atoms with van der Waals surface area (Å²) in [5.41, 5.74) is 9.01. The molecule has 273 valence electrons. The SMILES string of the molecule is CC(C)Cc1nccc2c1CCc1sc3c(-c4[c-]c5ccccc5c(C(C)(C)C)c4)nccc3c1-2.CCC(CC)C(=O)/C=C(\O)C(CC)CC.[Ir]. The molecule has 5 aromatic rings. The number of aromatic nitrogens is 2. The molecule has 1 radical (unpaired) electrons. The summed E-state index contributed by atoms with van der Waals surface area (Å²) in [6, 6.07) is 19.1. The summed E-state index contributed by atoms with van der Waals surface area (Å²) in [7, 11) is 0. The molecule has 2 aromatic carbocycles. The number of pyridine rings is 2. The second kappa shape index (κ2) is 17.6. The van der Waals surface area contributed by atoms with Gasteiger partial charge in [-0.25, -0.2) is 0 Å². The van der Waals surface area contributed by atoms with Gasteiger partial charge in [-0.3, -0.25) is 14.8 Å². The van der Waals surface area contributed by atoms with Crippen molar-refractivity contribution < 1.29 is 30.0 Å². The summed E-state index contributed by atoms with van der Waals surface area (Å²) in [4.78, 5) is 22.9. The summed E-state index contributed by atoms with van der Waals surface area (Å²) in [6.45, 7) is 19.5. The Labute approximate surface area is 323 Å². The zero-order chi connectivity index (χ0) is 36.2. The Balaban J connectivity index is 0.000000312. The van der Waals surface area contributed by atoms with Crippen molar-refractivity contribution in [1.29, 1.82) is 0 Å². The maximum absolute atomic E-state index is 11.7. The Morgan fingerprint density at radius 2 is 1.59 bits per heavy atom. The first-order valence-corrected chi connectivity index (χ1v) is 19.5. The number of aliphatic hydroxyl groups is 1. The molecule has 1 N–H and O–H groups in total. The first-order valence-electron chi connectivity index (χ1n) is 18.7. The topological polar surface area (TPSA) is 63.1 Å². The molecule has 0 saturated carbocycles. The minimum absolute atomic E-state index is 0. The fourth-order valence-electron chi connectivity index (χ4n) is 7.34. The van der Waals surface area contributed by atoms with Crippen LogP contribution in [0, 0.1) is 23.8 Å². The van der Waals surface area contributed by atoms with Crippen LogP contribution in [0.25, 0.3) is 43.2 Å². The van der Waals surface area contributed by atoms with Gasteiger partial charge >= 0.3 is 0 Å². The zero-order valence-electron chi connectivity index (χ0n) is 31.9. The molecule has 0 spiro atoms. The number of nitrogens with zero attached hydrogens (tertiary/aromatic N) is 2. The summed E-state index contributed by atoms with van der Waals surface area (Å²) in [5.74, 6) is 1.15. The second-order valence-corrected chi connectivity index (χ2v) is 16.3. The van der Waals surface area contributed by atoms with E-state index in [1.54, 1.807) is 0 Å². The summed E-state index contributed by atoms with van der Waals surface area (Å²) >= 11 is 1.92. The average molecular weight is 880 g/mol. The van der Waals surface area contributed by atoms with Crippen molar-refractivity contribution in [2.24, 2.45) is 17.8 Å². The molecule has 6 rings (SSSR count). The summed E-state index contributed by atoms with van der Waals surface area (Å²) < 4.78 is 1.28. The Kier molecular flexibility index (Phi) is 14.0.